The van der Waals surface area contributed by atoms with Crippen molar-refractivity contribution in [1.82, 2.24) is 14.8 Å². The van der Waals surface area contributed by atoms with Crippen LogP contribution >= 0.6 is 11.6 Å². The fourth-order valence-electron chi connectivity index (χ4n) is 1.91. The van der Waals surface area contributed by atoms with Crippen LogP contribution in [0.5, 0.6) is 0 Å². The number of aromatic amines is 1. The van der Waals surface area contributed by atoms with Crippen molar-refractivity contribution in [3.05, 3.63) is 63.5 Å². The maximum absolute atomic E-state index is 11.7. The Morgan fingerprint density at radius 3 is 2.78 bits per heavy atom. The number of nitrogens with one attached hydrogen (secondary N) is 1. The van der Waals surface area contributed by atoms with E-state index in [9.17, 15) is 4.79 Å². The molecule has 0 aliphatic heterocycles. The minimum Gasteiger partial charge on any atom is -0.267 e. The van der Waals surface area contributed by atoms with Gasteiger partial charge in [0.1, 0.15) is 0 Å². The molecule has 2 heterocycles. The second kappa shape index (κ2) is 4.31. The fourth-order valence-corrected chi connectivity index (χ4v) is 2.04. The van der Waals surface area contributed by atoms with Gasteiger partial charge in [0.25, 0.3) is 5.56 Å². The third-order valence-electron chi connectivity index (χ3n) is 2.78. The van der Waals surface area contributed by atoms with Gasteiger partial charge in [0.05, 0.1) is 11.9 Å². The molecule has 1 aromatic carbocycles. The third kappa shape index (κ3) is 1.91. The highest BCUT2D eigenvalue weighted by atomic mass is 35.5. The smallest absolute Gasteiger partial charge is 0.267 e. The molecule has 3 aromatic rings. The average Bonchev–Trinajstić information content (AvgIpc) is 2.70. The van der Waals surface area contributed by atoms with Gasteiger partial charge in [0.2, 0.25) is 0 Å². The van der Waals surface area contributed by atoms with E-state index in [0.717, 1.165) is 5.56 Å². The van der Waals surface area contributed by atoms with Gasteiger partial charge in [-0.05, 0) is 29.8 Å². The monoisotopic (exact) mass is 259 g/mol. The van der Waals surface area contributed by atoms with E-state index in [-0.39, 0.29) is 5.56 Å². The van der Waals surface area contributed by atoms with Crippen LogP contribution in [0.25, 0.3) is 11.0 Å². The molecule has 3 rings (SSSR count). The van der Waals surface area contributed by atoms with Gasteiger partial charge in [0.15, 0.2) is 5.65 Å². The molecule has 18 heavy (non-hydrogen) atoms. The molecule has 0 saturated carbocycles. The molecule has 0 unspecified atom stereocenters. The number of rotatable bonds is 2. The van der Waals surface area contributed by atoms with Crippen LogP contribution in [0.4, 0.5) is 0 Å². The lowest BCUT2D eigenvalue weighted by molar-refractivity contribution is 0.695. The van der Waals surface area contributed by atoms with Gasteiger partial charge in [-0.25, -0.2) is 4.98 Å². The van der Waals surface area contributed by atoms with Crippen molar-refractivity contribution in [3.8, 4) is 0 Å². The molecular formula is C13H10ClN3O. The summed E-state index contributed by atoms with van der Waals surface area (Å²) in [7, 11) is 0. The SMILES string of the molecule is O=c1[nH]n(Cc2ccc(Cl)cc2)c2ncccc12. The number of H-pyrrole nitrogens is 1. The maximum Gasteiger partial charge on any atom is 0.273 e. The predicted octanol–water partition coefficient (Wildman–Crippen LogP) is 2.43. The normalized spacial score (nSPS) is 10.9. The van der Waals surface area contributed by atoms with Crippen molar-refractivity contribution in [1.29, 1.82) is 0 Å². The largest absolute Gasteiger partial charge is 0.273 e. The van der Waals surface area contributed by atoms with Crippen LogP contribution < -0.4 is 5.56 Å². The van der Waals surface area contributed by atoms with Crippen LogP contribution in [0, 0.1) is 0 Å². The first-order chi connectivity index (χ1) is 8.74. The summed E-state index contributed by atoms with van der Waals surface area (Å²) in [6, 6.07) is 11.0. The zero-order valence-corrected chi connectivity index (χ0v) is 10.2. The summed E-state index contributed by atoms with van der Waals surface area (Å²) in [5.74, 6) is 0. The number of aromatic nitrogens is 3. The molecule has 2 aromatic heterocycles. The molecule has 0 radical (unpaired) electrons. The van der Waals surface area contributed by atoms with E-state index in [4.69, 9.17) is 11.6 Å². The van der Waals surface area contributed by atoms with Gasteiger partial charge >= 0.3 is 0 Å². The van der Waals surface area contributed by atoms with Crippen molar-refractivity contribution in [2.24, 2.45) is 0 Å². The highest BCUT2D eigenvalue weighted by Crippen LogP contribution is 2.12. The summed E-state index contributed by atoms with van der Waals surface area (Å²) in [6.07, 6.45) is 1.67. The molecule has 0 aliphatic carbocycles. The Hall–Kier alpha value is -2.07. The lowest BCUT2D eigenvalue weighted by Crippen LogP contribution is -2.06. The van der Waals surface area contributed by atoms with Crippen molar-refractivity contribution in [2.75, 3.05) is 0 Å². The van der Waals surface area contributed by atoms with Crippen molar-refractivity contribution < 1.29 is 0 Å². The Morgan fingerprint density at radius 2 is 2.00 bits per heavy atom. The summed E-state index contributed by atoms with van der Waals surface area (Å²) in [5, 5.41) is 4.08. The van der Waals surface area contributed by atoms with Gasteiger partial charge in [-0.3, -0.25) is 14.6 Å². The summed E-state index contributed by atoms with van der Waals surface area (Å²) < 4.78 is 1.74. The summed E-state index contributed by atoms with van der Waals surface area (Å²) in [5.41, 5.74) is 1.60. The van der Waals surface area contributed by atoms with E-state index in [1.165, 1.54) is 0 Å². The predicted molar refractivity (Wildman–Crippen MR) is 70.9 cm³/mol. The van der Waals surface area contributed by atoms with Crippen LogP contribution in [-0.4, -0.2) is 14.8 Å². The molecule has 5 heteroatoms. The lowest BCUT2D eigenvalue weighted by atomic mass is 10.2. The molecule has 0 fully saturated rings. The number of fused-ring (bicyclic) bond motifs is 1. The molecule has 0 saturated heterocycles. The Kier molecular flexibility index (Phi) is 2.64. The third-order valence-corrected chi connectivity index (χ3v) is 3.03. The quantitative estimate of drug-likeness (QED) is 0.768. The van der Waals surface area contributed by atoms with Crippen LogP contribution in [-0.2, 0) is 6.54 Å². The molecule has 0 atom stereocenters. The molecule has 0 spiro atoms. The second-order valence-corrected chi connectivity index (χ2v) is 4.46. The van der Waals surface area contributed by atoms with Crippen LogP contribution in [0.15, 0.2) is 47.4 Å². The van der Waals surface area contributed by atoms with E-state index < -0.39 is 0 Å². The highest BCUT2D eigenvalue weighted by Gasteiger charge is 2.06. The zero-order chi connectivity index (χ0) is 12.5. The Labute approximate surface area is 108 Å². The fraction of sp³-hybridized carbons (Fsp3) is 0.0769. The molecule has 90 valence electrons. The Morgan fingerprint density at radius 1 is 1.22 bits per heavy atom. The average molecular weight is 260 g/mol. The number of pyridine rings is 1. The minimum absolute atomic E-state index is 0.118. The van der Waals surface area contributed by atoms with Crippen molar-refractivity contribution in [2.45, 2.75) is 6.54 Å². The topological polar surface area (TPSA) is 50.7 Å². The molecule has 4 nitrogen and oxygen atoms in total. The molecule has 1 N–H and O–H groups in total. The lowest BCUT2D eigenvalue weighted by Gasteiger charge is -2.04. The summed E-state index contributed by atoms with van der Waals surface area (Å²) in [6.45, 7) is 0.562. The van der Waals surface area contributed by atoms with Gasteiger partial charge < -0.3 is 0 Å². The maximum atomic E-state index is 11.7. The van der Waals surface area contributed by atoms with Crippen LogP contribution in [0.2, 0.25) is 5.02 Å². The number of halogens is 1. The summed E-state index contributed by atoms with van der Waals surface area (Å²) in [4.78, 5) is 15.9. The van der Waals surface area contributed by atoms with E-state index in [1.54, 1.807) is 23.0 Å². The van der Waals surface area contributed by atoms with Gasteiger partial charge in [0, 0.05) is 11.2 Å². The van der Waals surface area contributed by atoms with Crippen LogP contribution in [0.3, 0.4) is 0 Å². The number of hydrogen-bond donors (Lipinski definition) is 1. The molecule has 0 aliphatic rings. The van der Waals surface area contributed by atoms with Crippen molar-refractivity contribution >= 4 is 22.6 Å². The molecule has 0 bridgehead atoms. The number of hydrogen-bond acceptors (Lipinski definition) is 2. The van der Waals surface area contributed by atoms with E-state index in [1.807, 2.05) is 24.3 Å². The van der Waals surface area contributed by atoms with Gasteiger partial charge in [-0.15, -0.1) is 0 Å². The first kappa shape index (κ1) is 11.0. The van der Waals surface area contributed by atoms with E-state index >= 15 is 0 Å². The Balaban J connectivity index is 2.05. The molecular weight excluding hydrogens is 250 g/mol. The first-order valence-corrected chi connectivity index (χ1v) is 5.90. The van der Waals surface area contributed by atoms with E-state index in [0.29, 0.717) is 22.6 Å². The minimum atomic E-state index is -0.118. The summed E-state index contributed by atoms with van der Waals surface area (Å²) >= 11 is 5.84. The highest BCUT2D eigenvalue weighted by molar-refractivity contribution is 6.30. The van der Waals surface area contributed by atoms with Crippen LogP contribution in [0.1, 0.15) is 5.56 Å². The zero-order valence-electron chi connectivity index (χ0n) is 9.43. The standard InChI is InChI=1S/C13H10ClN3O/c14-10-5-3-9(4-6-10)8-17-12-11(13(18)16-17)2-1-7-15-12/h1-7H,8H2,(H,16,18). The van der Waals surface area contributed by atoms with Gasteiger partial charge in [-0.1, -0.05) is 23.7 Å². The van der Waals surface area contributed by atoms with E-state index in [2.05, 4.69) is 10.1 Å². The first-order valence-electron chi connectivity index (χ1n) is 5.52. The Bertz CT molecular complexity index is 743. The number of benzene rings is 1. The number of nitrogens with zero attached hydrogens (tertiary/aromatic N) is 2. The van der Waals surface area contributed by atoms with Crippen molar-refractivity contribution in [3.63, 3.8) is 0 Å². The second-order valence-electron chi connectivity index (χ2n) is 4.03. The van der Waals surface area contributed by atoms with Gasteiger partial charge in [-0.2, -0.15) is 0 Å². The molecule has 0 amide bonds.